The van der Waals surface area contributed by atoms with Crippen LogP contribution in [0.15, 0.2) is 48.5 Å². The van der Waals surface area contributed by atoms with Gasteiger partial charge in [-0.3, -0.25) is 0 Å². The summed E-state index contributed by atoms with van der Waals surface area (Å²) >= 11 is 0. The van der Waals surface area contributed by atoms with E-state index in [2.05, 4.69) is 41.8 Å². The van der Waals surface area contributed by atoms with E-state index in [1.807, 2.05) is 18.2 Å². The minimum atomic E-state index is 0.868. The predicted octanol–water partition coefficient (Wildman–Crippen LogP) is 5.29. The second-order valence-electron chi connectivity index (χ2n) is 5.87. The van der Waals surface area contributed by atoms with Crippen molar-refractivity contribution in [3.8, 4) is 17.1 Å². The summed E-state index contributed by atoms with van der Waals surface area (Å²) in [6.45, 7) is 3.25. The predicted molar refractivity (Wildman–Crippen MR) is 95.9 cm³/mol. The number of para-hydroxylation sites is 2. The highest BCUT2D eigenvalue weighted by Crippen LogP contribution is 2.27. The van der Waals surface area contributed by atoms with Crippen LogP contribution in [-0.2, 0) is 6.54 Å². The van der Waals surface area contributed by atoms with E-state index in [9.17, 15) is 0 Å². The summed E-state index contributed by atoms with van der Waals surface area (Å²) in [5.74, 6) is 1.90. The van der Waals surface area contributed by atoms with Crippen molar-refractivity contribution >= 4 is 11.0 Å². The molecule has 23 heavy (non-hydrogen) atoms. The lowest BCUT2D eigenvalue weighted by molar-refractivity contribution is 0.415. The first kappa shape index (κ1) is 15.6. The Hall–Kier alpha value is -2.29. The summed E-state index contributed by atoms with van der Waals surface area (Å²) in [5, 5.41) is 0. The Kier molecular flexibility index (Phi) is 4.96. The van der Waals surface area contributed by atoms with Crippen molar-refractivity contribution in [3.05, 3.63) is 48.5 Å². The Labute approximate surface area is 137 Å². The summed E-state index contributed by atoms with van der Waals surface area (Å²) in [5.41, 5.74) is 3.37. The molecule has 0 atom stereocenters. The minimum Gasteiger partial charge on any atom is -0.497 e. The number of benzene rings is 2. The van der Waals surface area contributed by atoms with Gasteiger partial charge in [0.25, 0.3) is 0 Å². The van der Waals surface area contributed by atoms with E-state index in [0.717, 1.165) is 29.2 Å². The van der Waals surface area contributed by atoms with Crippen LogP contribution < -0.4 is 4.74 Å². The molecular formula is C20H24N2O. The first-order valence-corrected chi connectivity index (χ1v) is 8.43. The molecule has 0 bridgehead atoms. The van der Waals surface area contributed by atoms with E-state index < -0.39 is 0 Å². The van der Waals surface area contributed by atoms with Crippen molar-refractivity contribution in [1.29, 1.82) is 0 Å². The van der Waals surface area contributed by atoms with E-state index in [4.69, 9.17) is 9.72 Å². The monoisotopic (exact) mass is 308 g/mol. The third-order valence-electron chi connectivity index (χ3n) is 4.22. The molecule has 0 saturated carbocycles. The molecule has 3 aromatic rings. The molecule has 0 saturated heterocycles. The van der Waals surface area contributed by atoms with Crippen LogP contribution in [0.5, 0.6) is 5.75 Å². The van der Waals surface area contributed by atoms with Gasteiger partial charge in [0.15, 0.2) is 0 Å². The molecule has 0 aliphatic heterocycles. The average Bonchev–Trinajstić information content (AvgIpc) is 2.97. The number of methoxy groups -OCH3 is 1. The number of unbranched alkanes of at least 4 members (excludes halogenated alkanes) is 3. The molecule has 120 valence electrons. The number of rotatable bonds is 7. The van der Waals surface area contributed by atoms with Gasteiger partial charge in [-0.05, 0) is 30.7 Å². The van der Waals surface area contributed by atoms with Gasteiger partial charge in [0, 0.05) is 12.1 Å². The van der Waals surface area contributed by atoms with Crippen LogP contribution in [0.1, 0.15) is 32.6 Å². The van der Waals surface area contributed by atoms with Crippen LogP contribution in [0.25, 0.3) is 22.4 Å². The first-order chi connectivity index (χ1) is 11.3. The Morgan fingerprint density at radius 2 is 1.87 bits per heavy atom. The van der Waals surface area contributed by atoms with E-state index in [-0.39, 0.29) is 0 Å². The Morgan fingerprint density at radius 1 is 1.00 bits per heavy atom. The van der Waals surface area contributed by atoms with E-state index in [1.54, 1.807) is 7.11 Å². The van der Waals surface area contributed by atoms with Crippen molar-refractivity contribution < 1.29 is 4.74 Å². The molecule has 1 heterocycles. The maximum atomic E-state index is 5.37. The highest BCUT2D eigenvalue weighted by Gasteiger charge is 2.12. The normalized spacial score (nSPS) is 11.0. The second kappa shape index (κ2) is 7.32. The molecule has 0 fully saturated rings. The average molecular weight is 308 g/mol. The lowest BCUT2D eigenvalue weighted by Gasteiger charge is -2.10. The van der Waals surface area contributed by atoms with Crippen LogP contribution in [0.4, 0.5) is 0 Å². The topological polar surface area (TPSA) is 27.1 Å². The van der Waals surface area contributed by atoms with E-state index in [1.165, 1.54) is 31.2 Å². The molecule has 0 radical (unpaired) electrons. The first-order valence-electron chi connectivity index (χ1n) is 8.43. The smallest absolute Gasteiger partial charge is 0.141 e. The molecule has 0 N–H and O–H groups in total. The highest BCUT2D eigenvalue weighted by molar-refractivity contribution is 5.80. The third-order valence-corrected chi connectivity index (χ3v) is 4.22. The van der Waals surface area contributed by atoms with Crippen molar-refractivity contribution in [2.75, 3.05) is 7.11 Å². The van der Waals surface area contributed by atoms with E-state index in [0.29, 0.717) is 0 Å². The second-order valence-corrected chi connectivity index (χ2v) is 5.87. The Balaban J connectivity index is 2.00. The maximum Gasteiger partial charge on any atom is 0.141 e. The summed E-state index contributed by atoms with van der Waals surface area (Å²) in [6.07, 6.45) is 5.00. The third kappa shape index (κ3) is 3.39. The lowest BCUT2D eigenvalue weighted by atomic mass is 10.2. The number of ether oxygens (including phenoxy) is 1. The van der Waals surface area contributed by atoms with Crippen LogP contribution in [0.2, 0.25) is 0 Å². The van der Waals surface area contributed by atoms with Gasteiger partial charge >= 0.3 is 0 Å². The highest BCUT2D eigenvalue weighted by atomic mass is 16.5. The van der Waals surface area contributed by atoms with Gasteiger partial charge in [-0.1, -0.05) is 50.5 Å². The summed E-state index contributed by atoms with van der Waals surface area (Å²) in [7, 11) is 1.70. The summed E-state index contributed by atoms with van der Waals surface area (Å²) in [4.78, 5) is 4.86. The molecule has 2 aromatic carbocycles. The lowest BCUT2D eigenvalue weighted by Crippen LogP contribution is -2.01. The van der Waals surface area contributed by atoms with Gasteiger partial charge in [-0.25, -0.2) is 4.98 Å². The fraction of sp³-hybridized carbons (Fsp3) is 0.350. The molecular weight excluding hydrogens is 284 g/mol. The molecule has 0 unspecified atom stereocenters. The SMILES string of the molecule is CCCCCCn1c(-c2cccc(OC)c2)nc2ccccc21. The molecule has 0 spiro atoms. The molecule has 3 heteroatoms. The molecule has 0 aliphatic carbocycles. The number of fused-ring (bicyclic) bond motifs is 1. The van der Waals surface area contributed by atoms with Crippen LogP contribution in [0, 0.1) is 0 Å². The molecule has 1 aromatic heterocycles. The summed E-state index contributed by atoms with van der Waals surface area (Å²) in [6, 6.07) is 16.5. The zero-order valence-corrected chi connectivity index (χ0v) is 14.0. The largest absolute Gasteiger partial charge is 0.497 e. The zero-order valence-electron chi connectivity index (χ0n) is 14.0. The standard InChI is InChI=1S/C20H24N2O/c1-3-4-5-8-14-22-19-13-7-6-12-18(19)21-20(22)16-10-9-11-17(15-16)23-2/h6-7,9-13,15H,3-5,8,14H2,1-2H3. The van der Waals surface area contributed by atoms with Crippen molar-refractivity contribution in [2.24, 2.45) is 0 Å². The number of imidazole rings is 1. The van der Waals surface area contributed by atoms with Gasteiger partial charge in [0.1, 0.15) is 11.6 Å². The quantitative estimate of drug-likeness (QED) is 0.554. The van der Waals surface area contributed by atoms with Gasteiger partial charge in [0.05, 0.1) is 18.1 Å². The number of hydrogen-bond donors (Lipinski definition) is 0. The van der Waals surface area contributed by atoms with Gasteiger partial charge in [-0.2, -0.15) is 0 Å². The Bertz CT molecular complexity index is 776. The zero-order chi connectivity index (χ0) is 16.1. The van der Waals surface area contributed by atoms with Crippen LogP contribution >= 0.6 is 0 Å². The van der Waals surface area contributed by atoms with Crippen LogP contribution in [-0.4, -0.2) is 16.7 Å². The molecule has 0 amide bonds. The fourth-order valence-corrected chi connectivity index (χ4v) is 2.98. The van der Waals surface area contributed by atoms with Crippen molar-refractivity contribution in [3.63, 3.8) is 0 Å². The van der Waals surface area contributed by atoms with Crippen molar-refractivity contribution in [2.45, 2.75) is 39.2 Å². The molecule has 0 aliphatic rings. The summed E-state index contributed by atoms with van der Waals surface area (Å²) < 4.78 is 7.71. The minimum absolute atomic E-state index is 0.868. The number of nitrogens with zero attached hydrogens (tertiary/aromatic N) is 2. The Morgan fingerprint density at radius 3 is 2.70 bits per heavy atom. The van der Waals surface area contributed by atoms with Crippen molar-refractivity contribution in [1.82, 2.24) is 9.55 Å². The van der Waals surface area contributed by atoms with Gasteiger partial charge in [0.2, 0.25) is 0 Å². The maximum absolute atomic E-state index is 5.37. The van der Waals surface area contributed by atoms with E-state index >= 15 is 0 Å². The molecule has 3 nitrogen and oxygen atoms in total. The number of aryl methyl sites for hydroxylation is 1. The van der Waals surface area contributed by atoms with Gasteiger partial charge < -0.3 is 9.30 Å². The van der Waals surface area contributed by atoms with Crippen LogP contribution in [0.3, 0.4) is 0 Å². The van der Waals surface area contributed by atoms with Gasteiger partial charge in [-0.15, -0.1) is 0 Å². The number of aromatic nitrogens is 2. The fourth-order valence-electron chi connectivity index (χ4n) is 2.98. The molecule has 3 rings (SSSR count). The number of hydrogen-bond acceptors (Lipinski definition) is 2.